The van der Waals surface area contributed by atoms with Gasteiger partial charge in [0.1, 0.15) is 5.75 Å². The van der Waals surface area contributed by atoms with Crippen LogP contribution in [0.4, 0.5) is 11.4 Å². The van der Waals surface area contributed by atoms with Gasteiger partial charge in [0.05, 0.1) is 18.1 Å². The van der Waals surface area contributed by atoms with E-state index in [0.29, 0.717) is 17.0 Å². The van der Waals surface area contributed by atoms with Crippen molar-refractivity contribution in [2.45, 2.75) is 13.0 Å². The average molecular weight is 392 g/mol. The average Bonchev–Trinajstić information content (AvgIpc) is 2.74. The number of rotatable bonds is 7. The lowest BCUT2D eigenvalue weighted by molar-refractivity contribution is -0.386. The number of nitro groups is 1. The molecule has 7 nitrogen and oxygen atoms in total. The van der Waals surface area contributed by atoms with Crippen molar-refractivity contribution in [3.8, 4) is 11.5 Å². The first-order chi connectivity index (χ1) is 14.0. The number of nitro benzene ring substituents is 1. The molecule has 0 aromatic heterocycles. The topological polar surface area (TPSA) is 90.7 Å². The van der Waals surface area contributed by atoms with Crippen LogP contribution in [0.2, 0.25) is 0 Å². The highest BCUT2D eigenvalue weighted by Crippen LogP contribution is 2.34. The monoisotopic (exact) mass is 392 g/mol. The Kier molecular flexibility index (Phi) is 6.09. The van der Waals surface area contributed by atoms with Crippen LogP contribution in [-0.2, 0) is 4.79 Å². The van der Waals surface area contributed by atoms with Crippen LogP contribution in [0.5, 0.6) is 11.5 Å². The summed E-state index contributed by atoms with van der Waals surface area (Å²) < 4.78 is 10.9. The van der Waals surface area contributed by atoms with E-state index in [9.17, 15) is 14.9 Å². The third-order valence-electron chi connectivity index (χ3n) is 4.27. The van der Waals surface area contributed by atoms with E-state index in [1.54, 1.807) is 42.5 Å². The zero-order chi connectivity index (χ0) is 20.8. The maximum atomic E-state index is 13.0. The number of methoxy groups -OCH3 is 1. The van der Waals surface area contributed by atoms with Crippen molar-refractivity contribution >= 4 is 17.3 Å². The van der Waals surface area contributed by atoms with Crippen LogP contribution in [0.15, 0.2) is 72.8 Å². The minimum absolute atomic E-state index is 0.0243. The molecule has 3 aromatic carbocycles. The third kappa shape index (κ3) is 4.90. The maximum absolute atomic E-state index is 13.0. The summed E-state index contributed by atoms with van der Waals surface area (Å²) >= 11 is 0. The Hall–Kier alpha value is -3.87. The zero-order valence-corrected chi connectivity index (χ0v) is 16.0. The molecule has 0 aliphatic rings. The van der Waals surface area contributed by atoms with E-state index in [2.05, 4.69) is 5.32 Å². The lowest BCUT2D eigenvalue weighted by Crippen LogP contribution is -2.26. The molecule has 0 spiro atoms. The molecule has 0 heterocycles. The maximum Gasteiger partial charge on any atom is 0.314 e. The summed E-state index contributed by atoms with van der Waals surface area (Å²) in [6, 6.07) is 20.4. The van der Waals surface area contributed by atoms with Crippen LogP contribution >= 0.6 is 0 Å². The van der Waals surface area contributed by atoms with Gasteiger partial charge in [-0.15, -0.1) is 0 Å². The number of hydrogen-bond donors (Lipinski definition) is 1. The van der Waals surface area contributed by atoms with Gasteiger partial charge in [-0.1, -0.05) is 48.0 Å². The Balaban J connectivity index is 1.93. The molecule has 1 N–H and O–H groups in total. The van der Waals surface area contributed by atoms with Gasteiger partial charge in [0.2, 0.25) is 6.10 Å². The number of carbonyl (C=O) groups is 1. The molecule has 0 saturated heterocycles. The van der Waals surface area contributed by atoms with E-state index in [-0.39, 0.29) is 11.4 Å². The molecule has 7 heteroatoms. The second kappa shape index (κ2) is 8.88. The summed E-state index contributed by atoms with van der Waals surface area (Å²) in [6.07, 6.45) is -1.08. The summed E-state index contributed by atoms with van der Waals surface area (Å²) in [7, 11) is 1.42. The molecule has 0 radical (unpaired) electrons. The van der Waals surface area contributed by atoms with E-state index < -0.39 is 16.9 Å². The molecule has 0 fully saturated rings. The smallest absolute Gasteiger partial charge is 0.314 e. The normalized spacial score (nSPS) is 11.4. The van der Waals surface area contributed by atoms with Crippen LogP contribution in [0.1, 0.15) is 17.2 Å². The molecule has 0 aliphatic heterocycles. The Bertz CT molecular complexity index is 1000. The SMILES string of the molecule is COc1ccc(O[C@@H](C(=O)Nc2ccc(C)cc2)c2ccccc2)c([N+](=O)[O-])c1. The first-order valence-corrected chi connectivity index (χ1v) is 8.89. The molecule has 1 atom stereocenters. The predicted octanol–water partition coefficient (Wildman–Crippen LogP) is 4.67. The van der Waals surface area contributed by atoms with Crippen LogP contribution in [-0.4, -0.2) is 17.9 Å². The van der Waals surface area contributed by atoms with Crippen LogP contribution < -0.4 is 14.8 Å². The van der Waals surface area contributed by atoms with E-state index in [1.807, 2.05) is 25.1 Å². The van der Waals surface area contributed by atoms with Crippen LogP contribution in [0.3, 0.4) is 0 Å². The number of benzene rings is 3. The highest BCUT2D eigenvalue weighted by molar-refractivity contribution is 5.95. The Labute approximate surface area is 168 Å². The summed E-state index contributed by atoms with van der Waals surface area (Å²) in [4.78, 5) is 23.9. The summed E-state index contributed by atoms with van der Waals surface area (Å²) in [5, 5.41) is 14.3. The van der Waals surface area contributed by atoms with Gasteiger partial charge in [-0.3, -0.25) is 14.9 Å². The Morgan fingerprint density at radius 1 is 1.03 bits per heavy atom. The van der Waals surface area contributed by atoms with E-state index >= 15 is 0 Å². The molecule has 3 rings (SSSR count). The third-order valence-corrected chi connectivity index (χ3v) is 4.27. The fourth-order valence-electron chi connectivity index (χ4n) is 2.74. The minimum Gasteiger partial charge on any atom is -0.496 e. The van der Waals surface area contributed by atoms with Crippen molar-refractivity contribution in [1.82, 2.24) is 0 Å². The zero-order valence-electron chi connectivity index (χ0n) is 16.0. The van der Waals surface area contributed by atoms with Crippen molar-refractivity contribution in [2.75, 3.05) is 12.4 Å². The summed E-state index contributed by atoms with van der Waals surface area (Å²) in [6.45, 7) is 1.95. The number of amides is 1. The van der Waals surface area contributed by atoms with Crippen LogP contribution in [0, 0.1) is 17.0 Å². The lowest BCUT2D eigenvalue weighted by Gasteiger charge is -2.19. The molecule has 3 aromatic rings. The summed E-state index contributed by atoms with van der Waals surface area (Å²) in [5.41, 5.74) is 1.96. The van der Waals surface area contributed by atoms with E-state index in [4.69, 9.17) is 9.47 Å². The number of nitrogens with zero attached hydrogens (tertiary/aromatic N) is 1. The quantitative estimate of drug-likeness (QED) is 0.466. The fraction of sp³-hybridized carbons (Fsp3) is 0.136. The van der Waals surface area contributed by atoms with Gasteiger partial charge in [-0.25, -0.2) is 0 Å². The van der Waals surface area contributed by atoms with E-state index in [0.717, 1.165) is 5.56 Å². The van der Waals surface area contributed by atoms with Gasteiger partial charge < -0.3 is 14.8 Å². The largest absolute Gasteiger partial charge is 0.496 e. The van der Waals surface area contributed by atoms with Gasteiger partial charge in [0, 0.05) is 11.3 Å². The number of carbonyl (C=O) groups excluding carboxylic acids is 1. The molecule has 148 valence electrons. The van der Waals surface area contributed by atoms with E-state index in [1.165, 1.54) is 19.2 Å². The molecule has 0 saturated carbocycles. The van der Waals surface area contributed by atoms with Gasteiger partial charge in [0.25, 0.3) is 5.91 Å². The number of hydrogen-bond acceptors (Lipinski definition) is 5. The fourth-order valence-corrected chi connectivity index (χ4v) is 2.74. The van der Waals surface area contributed by atoms with Gasteiger partial charge in [-0.2, -0.15) is 0 Å². The number of ether oxygens (including phenoxy) is 2. The van der Waals surface area contributed by atoms with Crippen molar-refractivity contribution in [2.24, 2.45) is 0 Å². The molecule has 0 aliphatic carbocycles. The molecule has 0 unspecified atom stereocenters. The number of anilines is 1. The number of nitrogens with one attached hydrogen (secondary N) is 1. The first kappa shape index (κ1) is 19.9. The predicted molar refractivity (Wildman–Crippen MR) is 109 cm³/mol. The Morgan fingerprint density at radius 3 is 2.34 bits per heavy atom. The standard InChI is InChI=1S/C22H20N2O5/c1-15-8-10-17(11-9-15)23-22(25)21(16-6-4-3-5-7-16)29-20-13-12-18(28-2)14-19(20)24(26)27/h3-14,21H,1-2H3,(H,23,25)/t21-/m1/s1. The number of aryl methyl sites for hydroxylation is 1. The first-order valence-electron chi connectivity index (χ1n) is 8.89. The van der Waals surface area contributed by atoms with Crippen molar-refractivity contribution < 1.29 is 19.2 Å². The molecule has 0 bridgehead atoms. The second-order valence-corrected chi connectivity index (χ2v) is 6.35. The molecule has 1 amide bonds. The van der Waals surface area contributed by atoms with Crippen molar-refractivity contribution in [1.29, 1.82) is 0 Å². The molecular weight excluding hydrogens is 372 g/mol. The van der Waals surface area contributed by atoms with Crippen molar-refractivity contribution in [3.05, 3.63) is 94.0 Å². The van der Waals surface area contributed by atoms with Gasteiger partial charge in [0.15, 0.2) is 5.75 Å². The Morgan fingerprint density at radius 2 is 1.72 bits per heavy atom. The second-order valence-electron chi connectivity index (χ2n) is 6.35. The molecule has 29 heavy (non-hydrogen) atoms. The summed E-state index contributed by atoms with van der Waals surface area (Å²) in [5.74, 6) is -0.140. The lowest BCUT2D eigenvalue weighted by atomic mass is 10.1. The minimum atomic E-state index is -1.08. The molecular formula is C22H20N2O5. The van der Waals surface area contributed by atoms with Crippen LogP contribution in [0.25, 0.3) is 0 Å². The highest BCUT2D eigenvalue weighted by atomic mass is 16.6. The highest BCUT2D eigenvalue weighted by Gasteiger charge is 2.27. The van der Waals surface area contributed by atoms with Gasteiger partial charge >= 0.3 is 5.69 Å². The van der Waals surface area contributed by atoms with Crippen molar-refractivity contribution in [3.63, 3.8) is 0 Å². The van der Waals surface area contributed by atoms with Gasteiger partial charge in [-0.05, 0) is 31.2 Å².